The number of amides is 1. The van der Waals surface area contributed by atoms with Crippen LogP contribution in [0.3, 0.4) is 0 Å². The lowest BCUT2D eigenvalue weighted by atomic mass is 9.55. The average molecular weight is 528 g/mol. The minimum atomic E-state index is -2.72. The van der Waals surface area contributed by atoms with Crippen LogP contribution in [0.2, 0.25) is 0 Å². The fourth-order valence-electron chi connectivity index (χ4n) is 6.70. The van der Waals surface area contributed by atoms with Gasteiger partial charge in [-0.25, -0.2) is 0 Å². The van der Waals surface area contributed by atoms with Gasteiger partial charge >= 0.3 is 0 Å². The first-order chi connectivity index (χ1) is 17.8. The van der Waals surface area contributed by atoms with E-state index in [2.05, 4.69) is 5.32 Å². The van der Waals surface area contributed by atoms with Crippen molar-refractivity contribution < 1.29 is 39.9 Å². The van der Waals surface area contributed by atoms with Gasteiger partial charge in [0.1, 0.15) is 22.8 Å². The number of carbonyl (C=O) groups excluding carboxylic acids is 3. The quantitative estimate of drug-likeness (QED) is 0.303. The molecule has 1 saturated heterocycles. The molecule has 1 aliphatic heterocycles. The number of likely N-dealkylation sites (tertiary alicyclic amines) is 1. The van der Waals surface area contributed by atoms with Crippen molar-refractivity contribution in [1.29, 1.82) is 0 Å². The van der Waals surface area contributed by atoms with Crippen LogP contribution in [0.25, 0.3) is 0 Å². The number of benzene rings is 1. The molecule has 4 aliphatic rings. The van der Waals surface area contributed by atoms with Gasteiger partial charge in [-0.1, -0.05) is 12.1 Å². The summed E-state index contributed by atoms with van der Waals surface area (Å²) in [5.41, 5.74) is -5.65. The molecule has 11 nitrogen and oxygen atoms in total. The Labute approximate surface area is 219 Å². The highest BCUT2D eigenvalue weighted by Crippen LogP contribution is 2.56. The summed E-state index contributed by atoms with van der Waals surface area (Å²) >= 11 is 0. The normalized spacial score (nSPS) is 33.4. The molecule has 1 heterocycles. The number of aliphatic hydroxyl groups is 4. The Bertz CT molecular complexity index is 1290. The summed E-state index contributed by atoms with van der Waals surface area (Å²) in [7, 11) is 3.18. The summed E-state index contributed by atoms with van der Waals surface area (Å²) in [4.78, 5) is 44.0. The zero-order chi connectivity index (χ0) is 27.7. The highest BCUT2D eigenvalue weighted by atomic mass is 16.3. The van der Waals surface area contributed by atoms with Gasteiger partial charge in [-0.2, -0.15) is 0 Å². The van der Waals surface area contributed by atoms with Gasteiger partial charge in [0.15, 0.2) is 11.4 Å². The third-order valence-corrected chi connectivity index (χ3v) is 8.66. The van der Waals surface area contributed by atoms with Crippen LogP contribution in [0.5, 0.6) is 5.75 Å². The second kappa shape index (κ2) is 8.91. The van der Waals surface area contributed by atoms with Crippen molar-refractivity contribution in [2.75, 3.05) is 33.9 Å². The summed E-state index contributed by atoms with van der Waals surface area (Å²) in [6.07, 6.45) is 1.78. The van der Waals surface area contributed by atoms with Gasteiger partial charge in [0.25, 0.3) is 5.91 Å². The monoisotopic (exact) mass is 527 g/mol. The molecule has 0 bridgehead atoms. The first kappa shape index (κ1) is 26.4. The van der Waals surface area contributed by atoms with Gasteiger partial charge in [0.05, 0.1) is 23.9 Å². The van der Waals surface area contributed by atoms with Crippen LogP contribution in [0, 0.1) is 11.8 Å². The van der Waals surface area contributed by atoms with Crippen LogP contribution >= 0.6 is 0 Å². The Kier molecular flexibility index (Phi) is 6.18. The Morgan fingerprint density at radius 3 is 2.42 bits per heavy atom. The molecule has 0 radical (unpaired) electrons. The first-order valence-corrected chi connectivity index (χ1v) is 12.7. The summed E-state index contributed by atoms with van der Waals surface area (Å²) < 4.78 is 0. The van der Waals surface area contributed by atoms with Crippen molar-refractivity contribution in [2.24, 2.45) is 11.8 Å². The van der Waals surface area contributed by atoms with Crippen molar-refractivity contribution in [3.05, 3.63) is 52.0 Å². The molecule has 0 spiro atoms. The number of rotatable bonds is 4. The number of nitrogens with one attached hydrogen (secondary N) is 1. The zero-order valence-electron chi connectivity index (χ0n) is 21.6. The third kappa shape index (κ3) is 3.53. The molecule has 1 aromatic carbocycles. The third-order valence-electron chi connectivity index (χ3n) is 8.66. The van der Waals surface area contributed by atoms with E-state index >= 15 is 0 Å². The number of carbonyl (C=O) groups is 3. The van der Waals surface area contributed by atoms with E-state index in [-0.39, 0.29) is 24.2 Å². The average Bonchev–Trinajstić information content (AvgIpc) is 3.37. The van der Waals surface area contributed by atoms with Crippen LogP contribution in [0.15, 0.2) is 40.9 Å². The number of Topliss-reactive ketones (excluding diaryl/α,β-unsaturated/α-hetero) is 2. The summed E-state index contributed by atoms with van der Waals surface area (Å²) in [6, 6.07) is 3.16. The molecule has 3 aliphatic carbocycles. The predicted molar refractivity (Wildman–Crippen MR) is 134 cm³/mol. The number of hydrogen-bond donors (Lipinski definition) is 6. The van der Waals surface area contributed by atoms with Gasteiger partial charge in [0.2, 0.25) is 5.78 Å². The van der Waals surface area contributed by atoms with Gasteiger partial charge in [-0.15, -0.1) is 0 Å². The molecule has 5 rings (SSSR count). The molecular formula is C27H33N3O8. The van der Waals surface area contributed by atoms with E-state index in [4.69, 9.17) is 0 Å². The zero-order valence-corrected chi connectivity index (χ0v) is 21.6. The Morgan fingerprint density at radius 2 is 1.79 bits per heavy atom. The minimum absolute atomic E-state index is 0.143. The van der Waals surface area contributed by atoms with Gasteiger partial charge in [0, 0.05) is 17.4 Å². The van der Waals surface area contributed by atoms with Crippen LogP contribution in [0.1, 0.15) is 42.1 Å². The van der Waals surface area contributed by atoms with Crippen LogP contribution in [0.4, 0.5) is 0 Å². The molecule has 1 fully saturated rings. The molecule has 6 N–H and O–H groups in total. The maximum absolute atomic E-state index is 13.8. The maximum atomic E-state index is 13.8. The molecule has 11 heteroatoms. The van der Waals surface area contributed by atoms with Gasteiger partial charge in [-0.3, -0.25) is 24.2 Å². The van der Waals surface area contributed by atoms with Crippen molar-refractivity contribution in [2.45, 2.75) is 43.4 Å². The number of aromatic hydroxyl groups is 1. The van der Waals surface area contributed by atoms with Crippen molar-refractivity contribution in [3.63, 3.8) is 0 Å². The van der Waals surface area contributed by atoms with Crippen molar-refractivity contribution >= 4 is 17.5 Å². The fraction of sp³-hybridized carbons (Fsp3) is 0.519. The van der Waals surface area contributed by atoms with E-state index in [1.165, 1.54) is 30.0 Å². The molecule has 5 atom stereocenters. The van der Waals surface area contributed by atoms with Gasteiger partial charge < -0.3 is 30.8 Å². The van der Waals surface area contributed by atoms with Crippen LogP contribution in [-0.2, 0) is 15.2 Å². The van der Waals surface area contributed by atoms with E-state index in [0.29, 0.717) is 0 Å². The summed E-state index contributed by atoms with van der Waals surface area (Å²) in [6.45, 7) is 3.12. The number of fused-ring (bicyclic) bond motifs is 3. The molecule has 1 aromatic rings. The maximum Gasteiger partial charge on any atom is 0.259 e. The molecule has 1 amide bonds. The van der Waals surface area contributed by atoms with E-state index in [1.54, 1.807) is 14.1 Å². The number of nitrogens with zero attached hydrogens (tertiary/aromatic N) is 2. The Morgan fingerprint density at radius 1 is 1.13 bits per heavy atom. The molecule has 0 saturated carbocycles. The van der Waals surface area contributed by atoms with E-state index < -0.39 is 75.0 Å². The van der Waals surface area contributed by atoms with E-state index in [9.17, 15) is 39.9 Å². The molecule has 38 heavy (non-hydrogen) atoms. The SMILES string of the molecule is CN(C)[C@@H]1C(O)=C(C(=O)NCN2CCCC2)C(=O)[C@@]2(O)C(O)=C3C(=O)c4c(O)cccc4[C@@](C)(O)C3CC12. The second-order valence-electron chi connectivity index (χ2n) is 11.1. The lowest BCUT2D eigenvalue weighted by Crippen LogP contribution is -2.65. The second-order valence-corrected chi connectivity index (χ2v) is 11.1. The molecule has 2 unspecified atom stereocenters. The number of hydrogen-bond acceptors (Lipinski definition) is 10. The van der Waals surface area contributed by atoms with Crippen molar-refractivity contribution in [1.82, 2.24) is 15.1 Å². The number of phenolic OH excluding ortho intramolecular Hbond substituents is 1. The molecule has 204 valence electrons. The first-order valence-electron chi connectivity index (χ1n) is 12.7. The standard InChI is InChI=1S/C27H33N3O8/c1-26(37)13-7-6-8-16(31)17(13)21(32)18-14(26)11-15-20(29(2)3)22(33)19(24(35)27(15,38)23(18)34)25(36)28-12-30-9-4-5-10-30/h6-8,14-15,20,31,33-34,37-38H,4-5,9-12H2,1-3H3,(H,28,36)/t14?,15?,20-,26+,27-/m0/s1. The smallest absolute Gasteiger partial charge is 0.259 e. The highest BCUT2D eigenvalue weighted by molar-refractivity contribution is 6.25. The summed E-state index contributed by atoms with van der Waals surface area (Å²) in [5, 5.41) is 59.2. The van der Waals surface area contributed by atoms with Crippen molar-refractivity contribution in [3.8, 4) is 5.75 Å². The van der Waals surface area contributed by atoms with Gasteiger partial charge in [-0.05, 0) is 65.0 Å². The lowest BCUT2D eigenvalue weighted by Gasteiger charge is -2.52. The van der Waals surface area contributed by atoms with E-state index in [1.807, 2.05) is 4.90 Å². The van der Waals surface area contributed by atoms with Crippen LogP contribution < -0.4 is 5.32 Å². The number of likely N-dealkylation sites (N-methyl/N-ethyl adjacent to an activating group) is 1. The topological polar surface area (TPSA) is 171 Å². The highest BCUT2D eigenvalue weighted by Gasteiger charge is 2.65. The number of aliphatic hydroxyl groups excluding tert-OH is 2. The molecule has 0 aromatic heterocycles. The Hall–Kier alpha value is -3.25. The van der Waals surface area contributed by atoms with Crippen LogP contribution in [-0.4, -0.2) is 98.3 Å². The Balaban J connectivity index is 1.64. The largest absolute Gasteiger partial charge is 0.510 e. The summed E-state index contributed by atoms with van der Waals surface area (Å²) in [5.74, 6) is -7.17. The number of phenols is 1. The lowest BCUT2D eigenvalue weighted by molar-refractivity contribution is -0.152. The fourth-order valence-corrected chi connectivity index (χ4v) is 6.70. The molecular weight excluding hydrogens is 494 g/mol. The minimum Gasteiger partial charge on any atom is -0.510 e. The number of ketones is 2. The van der Waals surface area contributed by atoms with E-state index in [0.717, 1.165) is 25.9 Å². The predicted octanol–water partition coefficient (Wildman–Crippen LogP) is 0.470.